The fraction of sp³-hybridized carbons (Fsp3) is 0.500. The maximum absolute atomic E-state index is 11.4. The standard InChI is InChI=1S/C14H18O/c1-4-12-13(8-14(12)15)11-6-5-9(2)10(3)7-11/h5-7,12-13H,4,8H2,1-3H3. The number of rotatable bonds is 2. The molecule has 2 rings (SSSR count). The van der Waals surface area contributed by atoms with E-state index in [0.717, 1.165) is 12.8 Å². The molecule has 1 aromatic rings. The van der Waals surface area contributed by atoms with Crippen LogP contribution in [0, 0.1) is 19.8 Å². The Morgan fingerprint density at radius 2 is 2.00 bits per heavy atom. The van der Waals surface area contributed by atoms with Crippen LogP contribution in [0.25, 0.3) is 0 Å². The van der Waals surface area contributed by atoms with Gasteiger partial charge >= 0.3 is 0 Å². The Bertz CT molecular complexity index is 392. The summed E-state index contributed by atoms with van der Waals surface area (Å²) in [5.74, 6) is 1.22. The Morgan fingerprint density at radius 3 is 2.53 bits per heavy atom. The Morgan fingerprint density at radius 1 is 1.27 bits per heavy atom. The summed E-state index contributed by atoms with van der Waals surface area (Å²) >= 11 is 0. The normalized spacial score (nSPS) is 25.1. The quantitative estimate of drug-likeness (QED) is 0.718. The van der Waals surface area contributed by atoms with E-state index in [4.69, 9.17) is 0 Å². The lowest BCUT2D eigenvalue weighted by atomic mass is 9.67. The molecular weight excluding hydrogens is 184 g/mol. The van der Waals surface area contributed by atoms with Gasteiger partial charge in [0.25, 0.3) is 0 Å². The van der Waals surface area contributed by atoms with Crippen molar-refractivity contribution in [2.45, 2.75) is 39.5 Å². The molecule has 1 heteroatoms. The fourth-order valence-corrected chi connectivity index (χ4v) is 2.43. The van der Waals surface area contributed by atoms with E-state index in [1.165, 1.54) is 16.7 Å². The minimum Gasteiger partial charge on any atom is -0.299 e. The van der Waals surface area contributed by atoms with Crippen LogP contribution in [0.4, 0.5) is 0 Å². The fourth-order valence-electron chi connectivity index (χ4n) is 2.43. The number of benzene rings is 1. The van der Waals surface area contributed by atoms with E-state index >= 15 is 0 Å². The van der Waals surface area contributed by atoms with Crippen LogP contribution in [0.5, 0.6) is 0 Å². The summed E-state index contributed by atoms with van der Waals surface area (Å²) in [6.07, 6.45) is 1.73. The highest BCUT2D eigenvalue weighted by atomic mass is 16.1. The third-order valence-electron chi connectivity index (χ3n) is 3.72. The molecule has 0 radical (unpaired) electrons. The van der Waals surface area contributed by atoms with E-state index < -0.39 is 0 Å². The molecule has 2 unspecified atom stereocenters. The van der Waals surface area contributed by atoms with Crippen LogP contribution in [0.2, 0.25) is 0 Å². The highest BCUT2D eigenvalue weighted by Gasteiger charge is 2.38. The van der Waals surface area contributed by atoms with Crippen molar-refractivity contribution in [2.75, 3.05) is 0 Å². The SMILES string of the molecule is CCC1C(=O)CC1c1ccc(C)c(C)c1. The molecule has 0 amide bonds. The highest BCUT2D eigenvalue weighted by Crippen LogP contribution is 2.41. The lowest BCUT2D eigenvalue weighted by Crippen LogP contribution is -2.34. The van der Waals surface area contributed by atoms with Crippen molar-refractivity contribution < 1.29 is 4.79 Å². The molecule has 0 aromatic heterocycles. The Kier molecular flexibility index (Phi) is 2.64. The van der Waals surface area contributed by atoms with Crippen LogP contribution < -0.4 is 0 Å². The second-order valence-electron chi connectivity index (χ2n) is 4.64. The van der Waals surface area contributed by atoms with Crippen molar-refractivity contribution in [3.8, 4) is 0 Å². The largest absolute Gasteiger partial charge is 0.299 e. The van der Waals surface area contributed by atoms with Crippen LogP contribution in [0.15, 0.2) is 18.2 Å². The molecule has 1 saturated carbocycles. The van der Waals surface area contributed by atoms with Crippen LogP contribution in [-0.4, -0.2) is 5.78 Å². The molecule has 1 fully saturated rings. The molecular formula is C14H18O. The van der Waals surface area contributed by atoms with Gasteiger partial charge in [-0.3, -0.25) is 4.79 Å². The van der Waals surface area contributed by atoms with Crippen molar-refractivity contribution in [1.82, 2.24) is 0 Å². The summed E-state index contributed by atoms with van der Waals surface area (Å²) in [4.78, 5) is 11.4. The predicted molar refractivity (Wildman–Crippen MR) is 62.1 cm³/mol. The van der Waals surface area contributed by atoms with Gasteiger partial charge in [-0.1, -0.05) is 25.1 Å². The Hall–Kier alpha value is -1.11. The van der Waals surface area contributed by atoms with Crippen molar-refractivity contribution in [3.05, 3.63) is 34.9 Å². The lowest BCUT2D eigenvalue weighted by Gasteiger charge is -2.35. The minimum atomic E-state index is 0.284. The Labute approximate surface area is 91.5 Å². The lowest BCUT2D eigenvalue weighted by molar-refractivity contribution is -0.131. The number of hydrogen-bond acceptors (Lipinski definition) is 1. The number of aryl methyl sites for hydroxylation is 2. The van der Waals surface area contributed by atoms with Crippen molar-refractivity contribution in [1.29, 1.82) is 0 Å². The zero-order chi connectivity index (χ0) is 11.0. The first-order valence-electron chi connectivity index (χ1n) is 5.73. The molecule has 1 aliphatic rings. The molecule has 1 aromatic carbocycles. The first kappa shape index (κ1) is 10.4. The zero-order valence-electron chi connectivity index (χ0n) is 9.71. The number of carbonyl (C=O) groups excluding carboxylic acids is 1. The van der Waals surface area contributed by atoms with E-state index in [9.17, 15) is 4.79 Å². The summed E-state index contributed by atoms with van der Waals surface area (Å²) in [6.45, 7) is 6.37. The maximum Gasteiger partial charge on any atom is 0.137 e. The average molecular weight is 202 g/mol. The van der Waals surface area contributed by atoms with Crippen LogP contribution >= 0.6 is 0 Å². The third-order valence-corrected chi connectivity index (χ3v) is 3.72. The molecule has 0 N–H and O–H groups in total. The Balaban J connectivity index is 2.24. The summed E-state index contributed by atoms with van der Waals surface area (Å²) in [6, 6.07) is 6.59. The van der Waals surface area contributed by atoms with Crippen LogP contribution in [-0.2, 0) is 4.79 Å². The minimum absolute atomic E-state index is 0.284. The summed E-state index contributed by atoms with van der Waals surface area (Å²) < 4.78 is 0. The van der Waals surface area contributed by atoms with Gasteiger partial charge in [-0.05, 0) is 37.0 Å². The molecule has 1 nitrogen and oxygen atoms in total. The molecule has 1 aliphatic carbocycles. The van der Waals surface area contributed by atoms with Gasteiger partial charge in [0.2, 0.25) is 0 Å². The molecule has 0 saturated heterocycles. The molecule has 0 bridgehead atoms. The van der Waals surface area contributed by atoms with E-state index in [1.807, 2.05) is 0 Å². The molecule has 0 aliphatic heterocycles. The molecule has 0 spiro atoms. The van der Waals surface area contributed by atoms with Crippen molar-refractivity contribution in [2.24, 2.45) is 5.92 Å². The third kappa shape index (κ3) is 1.71. The van der Waals surface area contributed by atoms with Crippen LogP contribution in [0.3, 0.4) is 0 Å². The van der Waals surface area contributed by atoms with Gasteiger partial charge in [0.05, 0.1) is 0 Å². The molecule has 2 atom stereocenters. The van der Waals surface area contributed by atoms with E-state index in [2.05, 4.69) is 39.0 Å². The second-order valence-corrected chi connectivity index (χ2v) is 4.64. The first-order chi connectivity index (χ1) is 7.13. The zero-order valence-corrected chi connectivity index (χ0v) is 9.71. The van der Waals surface area contributed by atoms with E-state index in [0.29, 0.717) is 11.7 Å². The maximum atomic E-state index is 11.4. The summed E-state index contributed by atoms with van der Waals surface area (Å²) in [7, 11) is 0. The molecule has 15 heavy (non-hydrogen) atoms. The first-order valence-corrected chi connectivity index (χ1v) is 5.73. The van der Waals surface area contributed by atoms with Gasteiger partial charge in [0, 0.05) is 18.3 Å². The molecule has 80 valence electrons. The van der Waals surface area contributed by atoms with Gasteiger partial charge in [-0.25, -0.2) is 0 Å². The molecule has 0 heterocycles. The predicted octanol–water partition coefficient (Wildman–Crippen LogP) is 3.39. The van der Waals surface area contributed by atoms with Crippen molar-refractivity contribution >= 4 is 5.78 Å². The number of ketones is 1. The smallest absolute Gasteiger partial charge is 0.137 e. The van der Waals surface area contributed by atoms with Gasteiger partial charge in [0.15, 0.2) is 0 Å². The van der Waals surface area contributed by atoms with Gasteiger partial charge < -0.3 is 0 Å². The van der Waals surface area contributed by atoms with Gasteiger partial charge in [-0.2, -0.15) is 0 Å². The van der Waals surface area contributed by atoms with Gasteiger partial charge in [-0.15, -0.1) is 0 Å². The number of Topliss-reactive ketones (excluding diaryl/α,β-unsaturated/α-hetero) is 1. The summed E-state index contributed by atoms with van der Waals surface area (Å²) in [5, 5.41) is 0. The highest BCUT2D eigenvalue weighted by molar-refractivity contribution is 5.89. The topological polar surface area (TPSA) is 17.1 Å². The number of carbonyl (C=O) groups is 1. The average Bonchev–Trinajstić information content (AvgIpc) is 2.19. The van der Waals surface area contributed by atoms with E-state index in [1.54, 1.807) is 0 Å². The summed E-state index contributed by atoms with van der Waals surface area (Å²) in [5.41, 5.74) is 4.02. The second kappa shape index (κ2) is 3.80. The van der Waals surface area contributed by atoms with Gasteiger partial charge in [0.1, 0.15) is 5.78 Å². The van der Waals surface area contributed by atoms with Crippen LogP contribution in [0.1, 0.15) is 42.4 Å². The number of hydrogen-bond donors (Lipinski definition) is 0. The van der Waals surface area contributed by atoms with Crippen molar-refractivity contribution in [3.63, 3.8) is 0 Å². The van der Waals surface area contributed by atoms with E-state index in [-0.39, 0.29) is 5.92 Å². The monoisotopic (exact) mass is 202 g/mol.